The molecule has 0 fully saturated rings. The Labute approximate surface area is 43.1 Å². The fraction of sp³-hybridized carbons (Fsp3) is 1.00. The average Bonchev–Trinajstić information content (AvgIpc) is 1.68. The quantitative estimate of drug-likeness (QED) is 0.495. The second-order valence-corrected chi connectivity index (χ2v) is 2.59. The van der Waals surface area contributed by atoms with Crippen molar-refractivity contribution >= 4 is 10.2 Å². The van der Waals surface area contributed by atoms with E-state index in [9.17, 15) is 8.42 Å². The molecule has 0 aliphatic carbocycles. The predicted molar refractivity (Wildman–Crippen MR) is 26.0 cm³/mol. The Hall–Kier alpha value is -0.130. The number of nitrogens with one attached hydrogen (secondary N) is 1. The second kappa shape index (κ2) is 2.25. The topological polar surface area (TPSA) is 60.3 Å². The lowest BCUT2D eigenvalue weighted by Gasteiger charge is -1.91. The van der Waals surface area contributed by atoms with Crippen LogP contribution < -0.4 is 9.44 Å². The molecular formula is C2H7N2O2S. The molecule has 0 aromatic rings. The maximum Gasteiger partial charge on any atom is 0.292 e. The van der Waals surface area contributed by atoms with E-state index in [1.807, 2.05) is 4.72 Å². The molecule has 0 aliphatic heterocycles. The molecule has 0 atom stereocenters. The minimum absolute atomic E-state index is 1.21. The molecule has 4 nitrogen and oxygen atoms in total. The Kier molecular flexibility index (Phi) is 2.21. The summed E-state index contributed by atoms with van der Waals surface area (Å²) in [6, 6.07) is 0. The van der Waals surface area contributed by atoms with E-state index in [1.165, 1.54) is 14.1 Å². The van der Waals surface area contributed by atoms with Crippen LogP contribution in [0.15, 0.2) is 0 Å². The largest absolute Gasteiger partial charge is 0.292 e. The van der Waals surface area contributed by atoms with Gasteiger partial charge in [0, 0.05) is 14.1 Å². The monoisotopic (exact) mass is 123 g/mol. The molecule has 7 heavy (non-hydrogen) atoms. The van der Waals surface area contributed by atoms with Crippen LogP contribution in [0.1, 0.15) is 0 Å². The van der Waals surface area contributed by atoms with Crippen LogP contribution in [0.4, 0.5) is 0 Å². The lowest BCUT2D eigenvalue weighted by Crippen LogP contribution is -2.25. The van der Waals surface area contributed by atoms with Crippen LogP contribution in [0.2, 0.25) is 0 Å². The molecule has 0 aromatic carbocycles. The molecule has 0 saturated heterocycles. The zero-order chi connectivity index (χ0) is 5.91. The predicted octanol–water partition coefficient (Wildman–Crippen LogP) is -1.32. The van der Waals surface area contributed by atoms with Crippen molar-refractivity contribution in [1.29, 1.82) is 0 Å². The van der Waals surface area contributed by atoms with Crippen LogP contribution in [-0.4, -0.2) is 22.5 Å². The van der Waals surface area contributed by atoms with Crippen LogP contribution in [0, 0.1) is 0 Å². The van der Waals surface area contributed by atoms with Gasteiger partial charge in [-0.25, -0.2) is 4.72 Å². The summed E-state index contributed by atoms with van der Waals surface area (Å²) >= 11 is 0. The van der Waals surface area contributed by atoms with Crippen molar-refractivity contribution in [3.8, 4) is 0 Å². The van der Waals surface area contributed by atoms with Crippen molar-refractivity contribution in [3.05, 3.63) is 0 Å². The van der Waals surface area contributed by atoms with Gasteiger partial charge in [-0.05, 0) is 0 Å². The number of rotatable bonds is 2. The van der Waals surface area contributed by atoms with Crippen molar-refractivity contribution in [3.63, 3.8) is 0 Å². The minimum atomic E-state index is -3.28. The highest BCUT2D eigenvalue weighted by Gasteiger charge is 1.98. The Morgan fingerprint density at radius 3 is 2.00 bits per heavy atom. The van der Waals surface area contributed by atoms with Gasteiger partial charge in [-0.2, -0.15) is 8.42 Å². The maximum absolute atomic E-state index is 10.1. The van der Waals surface area contributed by atoms with Gasteiger partial charge in [0.25, 0.3) is 10.2 Å². The fourth-order valence-corrected chi connectivity index (χ4v) is 0.274. The summed E-state index contributed by atoms with van der Waals surface area (Å²) in [6.45, 7) is 0. The van der Waals surface area contributed by atoms with Gasteiger partial charge >= 0.3 is 0 Å². The van der Waals surface area contributed by atoms with Crippen molar-refractivity contribution in [2.45, 2.75) is 0 Å². The Morgan fingerprint density at radius 2 is 2.00 bits per heavy atom. The van der Waals surface area contributed by atoms with Gasteiger partial charge in [-0.15, -0.1) is 4.72 Å². The van der Waals surface area contributed by atoms with Crippen molar-refractivity contribution in [2.24, 2.45) is 0 Å². The molecule has 43 valence electrons. The SMILES string of the molecule is C[N]S(=O)(=O)NC. The molecule has 0 spiro atoms. The third-order valence-electron chi connectivity index (χ3n) is 0.498. The van der Waals surface area contributed by atoms with E-state index >= 15 is 0 Å². The van der Waals surface area contributed by atoms with Gasteiger partial charge in [0.15, 0.2) is 0 Å². The van der Waals surface area contributed by atoms with Gasteiger partial charge in [0.1, 0.15) is 0 Å². The van der Waals surface area contributed by atoms with Gasteiger partial charge in [-0.1, -0.05) is 0 Å². The lowest BCUT2D eigenvalue weighted by atomic mass is 11.6. The molecule has 0 bridgehead atoms. The summed E-state index contributed by atoms with van der Waals surface area (Å²) < 4.78 is 25.2. The third-order valence-corrected chi connectivity index (χ3v) is 1.49. The average molecular weight is 123 g/mol. The first-order valence-corrected chi connectivity index (χ1v) is 3.11. The van der Waals surface area contributed by atoms with E-state index in [0.29, 0.717) is 0 Å². The van der Waals surface area contributed by atoms with E-state index in [4.69, 9.17) is 0 Å². The van der Waals surface area contributed by atoms with Crippen LogP contribution in [0.25, 0.3) is 0 Å². The van der Waals surface area contributed by atoms with Gasteiger partial charge in [0.2, 0.25) is 0 Å². The van der Waals surface area contributed by atoms with Crippen LogP contribution in [0.3, 0.4) is 0 Å². The van der Waals surface area contributed by atoms with E-state index in [0.717, 1.165) is 0 Å². The Morgan fingerprint density at radius 1 is 1.57 bits per heavy atom. The van der Waals surface area contributed by atoms with Crippen molar-refractivity contribution < 1.29 is 8.42 Å². The zero-order valence-corrected chi connectivity index (χ0v) is 4.99. The maximum atomic E-state index is 10.1. The summed E-state index contributed by atoms with van der Waals surface area (Å²) in [6.07, 6.45) is 0. The highest BCUT2D eigenvalue weighted by Crippen LogP contribution is 1.67. The van der Waals surface area contributed by atoms with Gasteiger partial charge in [0.05, 0.1) is 0 Å². The molecule has 0 heterocycles. The zero-order valence-electron chi connectivity index (χ0n) is 4.17. The molecule has 0 saturated carbocycles. The van der Waals surface area contributed by atoms with E-state index < -0.39 is 10.2 Å². The normalized spacial score (nSPS) is 11.7. The van der Waals surface area contributed by atoms with Crippen molar-refractivity contribution in [2.75, 3.05) is 14.1 Å². The van der Waals surface area contributed by atoms with Crippen LogP contribution >= 0.6 is 0 Å². The van der Waals surface area contributed by atoms with Gasteiger partial charge < -0.3 is 0 Å². The number of hydrogen-bond donors (Lipinski definition) is 1. The molecule has 1 N–H and O–H groups in total. The third kappa shape index (κ3) is 2.55. The molecule has 0 rings (SSSR count). The van der Waals surface area contributed by atoms with E-state index in [2.05, 4.69) is 4.72 Å². The fourth-order valence-electron chi connectivity index (χ4n) is 0.0913. The van der Waals surface area contributed by atoms with E-state index in [1.54, 1.807) is 0 Å². The summed E-state index contributed by atoms with van der Waals surface area (Å²) in [5.74, 6) is 0. The van der Waals surface area contributed by atoms with Crippen LogP contribution in [-0.2, 0) is 10.2 Å². The van der Waals surface area contributed by atoms with E-state index in [-0.39, 0.29) is 0 Å². The highest BCUT2D eigenvalue weighted by atomic mass is 32.2. The minimum Gasteiger partial charge on any atom is -0.204 e. The number of hydrogen-bond acceptors (Lipinski definition) is 2. The Bertz CT molecular complexity index is 117. The molecule has 0 amide bonds. The Balaban J connectivity index is 3.89. The molecule has 0 unspecified atom stereocenters. The standard InChI is InChI=1S/C2H7N2O2S/c1-3-7(5,6)4-2/h3H,1-2H3. The van der Waals surface area contributed by atoms with Crippen molar-refractivity contribution in [1.82, 2.24) is 9.44 Å². The highest BCUT2D eigenvalue weighted by molar-refractivity contribution is 7.87. The molecule has 1 radical (unpaired) electrons. The summed E-state index contributed by atoms with van der Waals surface area (Å²) in [4.78, 5) is 0. The van der Waals surface area contributed by atoms with Gasteiger partial charge in [-0.3, -0.25) is 0 Å². The smallest absolute Gasteiger partial charge is 0.204 e. The molecular weight excluding hydrogens is 116 g/mol. The summed E-state index contributed by atoms with van der Waals surface area (Å²) in [7, 11) is -0.760. The summed E-state index contributed by atoms with van der Waals surface area (Å²) in [5, 5.41) is 0. The number of nitrogens with zero attached hydrogens (tertiary/aromatic N) is 1. The van der Waals surface area contributed by atoms with Crippen LogP contribution in [0.5, 0.6) is 0 Å². The molecule has 0 aliphatic rings. The summed E-state index contributed by atoms with van der Waals surface area (Å²) in [5.41, 5.74) is 0. The second-order valence-electron chi connectivity index (χ2n) is 0.862. The lowest BCUT2D eigenvalue weighted by molar-refractivity contribution is 0.579. The molecule has 0 aromatic heterocycles. The first kappa shape index (κ1) is 6.87. The molecule has 5 heteroatoms. The first-order valence-electron chi connectivity index (χ1n) is 1.67. The first-order chi connectivity index (χ1) is 3.12.